The van der Waals surface area contributed by atoms with Gasteiger partial charge in [0.15, 0.2) is 10.1 Å². The Morgan fingerprint density at radius 1 is 1.45 bits per heavy atom. The van der Waals surface area contributed by atoms with Crippen molar-refractivity contribution >= 4 is 33.1 Å². The van der Waals surface area contributed by atoms with Gasteiger partial charge in [-0.15, -0.1) is 4.91 Å². The van der Waals surface area contributed by atoms with E-state index in [1.54, 1.807) is 0 Å². The summed E-state index contributed by atoms with van der Waals surface area (Å²) in [6, 6.07) is 5.61. The van der Waals surface area contributed by atoms with Crippen molar-refractivity contribution in [2.24, 2.45) is 5.18 Å². The second kappa shape index (κ2) is 6.25. The summed E-state index contributed by atoms with van der Waals surface area (Å²) in [5.74, 6) is -0.258. The molecule has 0 fully saturated rings. The number of carbonyl (C=O) groups excluding carboxylic acids is 1. The summed E-state index contributed by atoms with van der Waals surface area (Å²) in [6.07, 6.45) is 1.33. The number of benzene rings is 1. The Hall–Kier alpha value is -2.28. The largest absolute Gasteiger partial charge is 0.385 e. The molecule has 1 aromatic carbocycles. The van der Waals surface area contributed by atoms with Gasteiger partial charge in [-0.2, -0.15) is 0 Å². The summed E-state index contributed by atoms with van der Waals surface area (Å²) in [7, 11) is 0. The molecule has 0 aliphatic heterocycles. The topological polar surface area (TPSA) is 83.4 Å². The van der Waals surface area contributed by atoms with Gasteiger partial charge < -0.3 is 5.32 Å². The standard InChI is InChI=1S/C13H14N4O2S/c1-3-14-9-6-4-5-8(2)11(9)12(18)16-13-15-7-10(17-19)20-13/h4-7,14H,3H2,1-2H3,(H,15,16,18). The van der Waals surface area contributed by atoms with E-state index in [1.165, 1.54) is 6.20 Å². The number of carbonyl (C=O) groups is 1. The van der Waals surface area contributed by atoms with Crippen LogP contribution in [0.5, 0.6) is 0 Å². The lowest BCUT2D eigenvalue weighted by Crippen LogP contribution is -2.16. The minimum absolute atomic E-state index is 0.233. The fourth-order valence-corrected chi connectivity index (χ4v) is 2.42. The van der Waals surface area contributed by atoms with E-state index in [1.807, 2.05) is 32.0 Å². The molecule has 0 saturated heterocycles. The van der Waals surface area contributed by atoms with E-state index >= 15 is 0 Å². The molecule has 6 nitrogen and oxygen atoms in total. The number of hydrogen-bond acceptors (Lipinski definition) is 6. The predicted octanol–water partition coefficient (Wildman–Crippen LogP) is 3.53. The van der Waals surface area contributed by atoms with E-state index in [0.29, 0.717) is 10.7 Å². The Balaban J connectivity index is 2.26. The first-order valence-corrected chi connectivity index (χ1v) is 6.91. The van der Waals surface area contributed by atoms with Crippen LogP contribution in [0.25, 0.3) is 0 Å². The lowest BCUT2D eigenvalue weighted by molar-refractivity contribution is 0.102. The molecular formula is C13H14N4O2S. The molecule has 0 spiro atoms. The average molecular weight is 290 g/mol. The number of thiazole rings is 1. The molecule has 0 radical (unpaired) electrons. The van der Waals surface area contributed by atoms with Crippen molar-refractivity contribution in [3.63, 3.8) is 0 Å². The Kier molecular flexibility index (Phi) is 4.41. The molecule has 0 aliphatic rings. The average Bonchev–Trinajstić information content (AvgIpc) is 2.86. The summed E-state index contributed by atoms with van der Waals surface area (Å²) in [5, 5.41) is 9.20. The monoisotopic (exact) mass is 290 g/mol. The highest BCUT2D eigenvalue weighted by Gasteiger charge is 2.15. The number of nitroso groups, excluding NO2 is 1. The van der Waals surface area contributed by atoms with Gasteiger partial charge in [0.2, 0.25) is 0 Å². The number of hydrogen-bond donors (Lipinski definition) is 2. The van der Waals surface area contributed by atoms with Crippen molar-refractivity contribution in [2.45, 2.75) is 13.8 Å². The maximum absolute atomic E-state index is 12.3. The van der Waals surface area contributed by atoms with Crippen molar-refractivity contribution in [1.29, 1.82) is 0 Å². The first-order chi connectivity index (χ1) is 9.65. The van der Waals surface area contributed by atoms with Crippen molar-refractivity contribution in [1.82, 2.24) is 4.98 Å². The first-order valence-electron chi connectivity index (χ1n) is 6.09. The summed E-state index contributed by atoms with van der Waals surface area (Å²) in [4.78, 5) is 26.6. The zero-order valence-corrected chi connectivity index (χ0v) is 12.0. The van der Waals surface area contributed by atoms with Gasteiger partial charge in [0, 0.05) is 12.2 Å². The van der Waals surface area contributed by atoms with Crippen LogP contribution in [0.4, 0.5) is 15.8 Å². The molecule has 2 aromatic rings. The number of rotatable bonds is 5. The number of aryl methyl sites for hydroxylation is 1. The zero-order chi connectivity index (χ0) is 14.5. The van der Waals surface area contributed by atoms with Crippen LogP contribution in [-0.4, -0.2) is 17.4 Å². The summed E-state index contributed by atoms with van der Waals surface area (Å²) < 4.78 is 0. The summed E-state index contributed by atoms with van der Waals surface area (Å²) in [5.41, 5.74) is 2.21. The van der Waals surface area contributed by atoms with E-state index in [0.717, 1.165) is 29.1 Å². The van der Waals surface area contributed by atoms with Crippen LogP contribution in [0.15, 0.2) is 29.6 Å². The van der Waals surface area contributed by atoms with E-state index in [9.17, 15) is 9.70 Å². The van der Waals surface area contributed by atoms with E-state index < -0.39 is 0 Å². The second-order valence-corrected chi connectivity index (χ2v) is 5.09. The number of nitrogens with one attached hydrogen (secondary N) is 2. The smallest absolute Gasteiger partial charge is 0.259 e. The van der Waals surface area contributed by atoms with Crippen LogP contribution >= 0.6 is 11.3 Å². The second-order valence-electron chi connectivity index (χ2n) is 4.08. The molecule has 1 aromatic heterocycles. The number of aromatic nitrogens is 1. The molecule has 0 aliphatic carbocycles. The molecule has 0 unspecified atom stereocenters. The van der Waals surface area contributed by atoms with E-state index in [4.69, 9.17) is 0 Å². The maximum atomic E-state index is 12.3. The van der Waals surface area contributed by atoms with Crippen LogP contribution in [-0.2, 0) is 0 Å². The first kappa shape index (κ1) is 14.1. The number of anilines is 2. The molecule has 7 heteroatoms. The zero-order valence-electron chi connectivity index (χ0n) is 11.1. The fourth-order valence-electron chi connectivity index (χ4n) is 1.83. The van der Waals surface area contributed by atoms with Crippen molar-refractivity contribution in [3.05, 3.63) is 40.4 Å². The van der Waals surface area contributed by atoms with Crippen LogP contribution in [0.1, 0.15) is 22.8 Å². The van der Waals surface area contributed by atoms with E-state index in [2.05, 4.69) is 20.8 Å². The third-order valence-electron chi connectivity index (χ3n) is 2.67. The molecule has 20 heavy (non-hydrogen) atoms. The minimum atomic E-state index is -0.258. The van der Waals surface area contributed by atoms with Crippen molar-refractivity contribution < 1.29 is 4.79 Å². The van der Waals surface area contributed by atoms with Gasteiger partial charge in [-0.25, -0.2) is 4.98 Å². The van der Waals surface area contributed by atoms with Gasteiger partial charge in [0.05, 0.1) is 11.8 Å². The molecule has 1 heterocycles. The van der Waals surface area contributed by atoms with Crippen LogP contribution in [0.3, 0.4) is 0 Å². The molecule has 0 bridgehead atoms. The Labute approximate surface area is 120 Å². The third kappa shape index (κ3) is 3.00. The Morgan fingerprint density at radius 3 is 2.90 bits per heavy atom. The number of amides is 1. The van der Waals surface area contributed by atoms with Gasteiger partial charge in [-0.1, -0.05) is 23.5 Å². The quantitative estimate of drug-likeness (QED) is 0.825. The predicted molar refractivity (Wildman–Crippen MR) is 80.9 cm³/mol. The van der Waals surface area contributed by atoms with Crippen LogP contribution in [0.2, 0.25) is 0 Å². The molecule has 0 saturated carbocycles. The lowest BCUT2D eigenvalue weighted by Gasteiger charge is -2.12. The fraction of sp³-hybridized carbons (Fsp3) is 0.231. The lowest BCUT2D eigenvalue weighted by atomic mass is 10.1. The molecule has 104 valence electrons. The van der Waals surface area contributed by atoms with Crippen molar-refractivity contribution in [2.75, 3.05) is 17.2 Å². The highest BCUT2D eigenvalue weighted by molar-refractivity contribution is 7.19. The Morgan fingerprint density at radius 2 is 2.25 bits per heavy atom. The van der Waals surface area contributed by atoms with Gasteiger partial charge >= 0.3 is 0 Å². The van der Waals surface area contributed by atoms with E-state index in [-0.39, 0.29) is 10.9 Å². The van der Waals surface area contributed by atoms with Crippen LogP contribution in [0, 0.1) is 11.8 Å². The highest BCUT2D eigenvalue weighted by atomic mass is 32.1. The molecule has 2 rings (SSSR count). The highest BCUT2D eigenvalue weighted by Crippen LogP contribution is 2.27. The number of nitrogens with zero attached hydrogens (tertiary/aromatic N) is 2. The SMILES string of the molecule is CCNc1cccc(C)c1C(=O)Nc1ncc(N=O)s1. The summed E-state index contributed by atoms with van der Waals surface area (Å²) in [6.45, 7) is 4.56. The van der Waals surface area contributed by atoms with Crippen molar-refractivity contribution in [3.8, 4) is 0 Å². The maximum Gasteiger partial charge on any atom is 0.259 e. The normalized spacial score (nSPS) is 10.1. The van der Waals surface area contributed by atoms with Crippen LogP contribution < -0.4 is 10.6 Å². The third-order valence-corrected chi connectivity index (χ3v) is 3.46. The van der Waals surface area contributed by atoms with Gasteiger partial charge in [-0.05, 0) is 30.7 Å². The van der Waals surface area contributed by atoms with Gasteiger partial charge in [0.1, 0.15) is 0 Å². The van der Waals surface area contributed by atoms with Gasteiger partial charge in [-0.3, -0.25) is 10.1 Å². The minimum Gasteiger partial charge on any atom is -0.385 e. The Bertz CT molecular complexity index is 639. The molecular weight excluding hydrogens is 276 g/mol. The molecule has 2 N–H and O–H groups in total. The summed E-state index contributed by atoms with van der Waals surface area (Å²) >= 11 is 1.04. The molecule has 1 amide bonds. The molecule has 0 atom stereocenters. The van der Waals surface area contributed by atoms with Gasteiger partial charge in [0.25, 0.3) is 5.91 Å².